The Morgan fingerprint density at radius 1 is 1.35 bits per heavy atom. The van der Waals surface area contributed by atoms with Gasteiger partial charge in [-0.05, 0) is 31.0 Å². The van der Waals surface area contributed by atoms with Crippen molar-refractivity contribution in [2.24, 2.45) is 5.92 Å². The lowest BCUT2D eigenvalue weighted by molar-refractivity contribution is -0.130. The molecule has 0 radical (unpaired) electrons. The molecule has 0 spiro atoms. The van der Waals surface area contributed by atoms with E-state index in [-0.39, 0.29) is 23.5 Å². The van der Waals surface area contributed by atoms with Crippen molar-refractivity contribution in [1.29, 1.82) is 0 Å². The Balaban J connectivity index is 1.65. The molecule has 0 aliphatic carbocycles. The predicted octanol–water partition coefficient (Wildman–Crippen LogP) is 2.43. The highest BCUT2D eigenvalue weighted by Crippen LogP contribution is 2.19. The van der Waals surface area contributed by atoms with Gasteiger partial charge in [-0.25, -0.2) is 4.39 Å². The predicted molar refractivity (Wildman–Crippen MR) is 90.5 cm³/mol. The molecule has 2 amide bonds. The van der Waals surface area contributed by atoms with Crippen LogP contribution in [0.15, 0.2) is 24.3 Å². The number of nitrogens with zero attached hydrogens (tertiary/aromatic N) is 1. The number of likely N-dealkylation sites (tertiary alicyclic amines) is 1. The number of carbonyl (C=O) groups excluding carboxylic acids is 2. The number of amides is 2. The van der Waals surface area contributed by atoms with Gasteiger partial charge in [0.25, 0.3) is 0 Å². The van der Waals surface area contributed by atoms with E-state index in [1.807, 2.05) is 6.92 Å². The number of halogens is 1. The molecule has 6 heteroatoms. The summed E-state index contributed by atoms with van der Waals surface area (Å²) in [6.45, 7) is 3.73. The van der Waals surface area contributed by atoms with Gasteiger partial charge in [0, 0.05) is 37.6 Å². The molecule has 1 aliphatic heterocycles. The Kier molecular flexibility index (Phi) is 6.89. The van der Waals surface area contributed by atoms with Crippen LogP contribution < -0.4 is 5.32 Å². The van der Waals surface area contributed by atoms with Gasteiger partial charge in [0.15, 0.2) is 0 Å². The van der Waals surface area contributed by atoms with Crippen LogP contribution in [0.3, 0.4) is 0 Å². The Labute approximate surface area is 140 Å². The zero-order valence-corrected chi connectivity index (χ0v) is 14.2. The number of hydrogen-bond donors (Lipinski definition) is 1. The van der Waals surface area contributed by atoms with E-state index >= 15 is 0 Å². The second-order valence-corrected chi connectivity index (χ2v) is 6.75. The van der Waals surface area contributed by atoms with Gasteiger partial charge in [-0.1, -0.05) is 12.1 Å². The molecule has 0 saturated carbocycles. The summed E-state index contributed by atoms with van der Waals surface area (Å²) >= 11 is 1.67. The van der Waals surface area contributed by atoms with Gasteiger partial charge < -0.3 is 10.2 Å². The van der Waals surface area contributed by atoms with Crippen LogP contribution >= 0.6 is 11.8 Å². The summed E-state index contributed by atoms with van der Waals surface area (Å²) < 4.78 is 12.8. The van der Waals surface area contributed by atoms with Gasteiger partial charge in [0.1, 0.15) is 5.82 Å². The molecule has 1 heterocycles. The average Bonchev–Trinajstić information content (AvgIpc) is 3.03. The van der Waals surface area contributed by atoms with Crippen LogP contribution in [0, 0.1) is 11.7 Å². The molecular weight excluding hydrogens is 315 g/mol. The quantitative estimate of drug-likeness (QED) is 0.777. The maximum Gasteiger partial charge on any atom is 0.224 e. The zero-order chi connectivity index (χ0) is 16.7. The van der Waals surface area contributed by atoms with Gasteiger partial charge in [0.05, 0.1) is 5.92 Å². The fraction of sp³-hybridized carbons (Fsp3) is 0.529. The third-order valence-corrected chi connectivity index (χ3v) is 4.94. The molecule has 1 fully saturated rings. The second kappa shape index (κ2) is 8.91. The van der Waals surface area contributed by atoms with E-state index in [2.05, 4.69) is 5.32 Å². The molecule has 4 nitrogen and oxygen atoms in total. The van der Waals surface area contributed by atoms with E-state index in [0.717, 1.165) is 23.5 Å². The summed E-state index contributed by atoms with van der Waals surface area (Å²) in [7, 11) is 0. The van der Waals surface area contributed by atoms with E-state index in [0.29, 0.717) is 26.1 Å². The van der Waals surface area contributed by atoms with Gasteiger partial charge in [-0.3, -0.25) is 9.59 Å². The summed E-state index contributed by atoms with van der Waals surface area (Å²) in [6, 6.07) is 6.43. The van der Waals surface area contributed by atoms with Crippen molar-refractivity contribution in [2.75, 3.05) is 25.4 Å². The molecule has 1 saturated heterocycles. The van der Waals surface area contributed by atoms with E-state index in [1.165, 1.54) is 12.1 Å². The third kappa shape index (κ3) is 5.53. The third-order valence-electron chi connectivity index (χ3n) is 3.91. The number of rotatable bonds is 7. The van der Waals surface area contributed by atoms with Crippen LogP contribution in [0.1, 0.15) is 25.3 Å². The molecule has 1 aromatic rings. The first kappa shape index (κ1) is 17.8. The lowest BCUT2D eigenvalue weighted by Gasteiger charge is -2.16. The van der Waals surface area contributed by atoms with Gasteiger partial charge in [-0.2, -0.15) is 11.8 Å². The minimum atomic E-state index is -0.232. The molecular formula is C17H23FN2O2S. The number of thioether (sulfide) groups is 1. The molecule has 0 bridgehead atoms. The van der Waals surface area contributed by atoms with Crippen molar-refractivity contribution in [3.8, 4) is 0 Å². The summed E-state index contributed by atoms with van der Waals surface area (Å²) in [4.78, 5) is 25.7. The molecule has 1 aromatic carbocycles. The SMILES string of the molecule is CCNC(=O)[C@H]1CCN(C(=O)CCSCc2ccc(F)cc2)C1. The zero-order valence-electron chi connectivity index (χ0n) is 13.4. The van der Waals surface area contributed by atoms with Crippen LogP contribution in [0.4, 0.5) is 4.39 Å². The Morgan fingerprint density at radius 3 is 2.78 bits per heavy atom. The maximum atomic E-state index is 12.8. The van der Waals surface area contributed by atoms with Crippen molar-refractivity contribution >= 4 is 23.6 Å². The minimum absolute atomic E-state index is 0.0495. The number of hydrogen-bond acceptors (Lipinski definition) is 3. The monoisotopic (exact) mass is 338 g/mol. The fourth-order valence-electron chi connectivity index (χ4n) is 2.61. The van der Waals surface area contributed by atoms with E-state index in [1.54, 1.807) is 28.8 Å². The second-order valence-electron chi connectivity index (χ2n) is 5.65. The van der Waals surface area contributed by atoms with Gasteiger partial charge in [0.2, 0.25) is 11.8 Å². The van der Waals surface area contributed by atoms with Crippen LogP contribution in [0.2, 0.25) is 0 Å². The van der Waals surface area contributed by atoms with Crippen molar-refractivity contribution in [1.82, 2.24) is 10.2 Å². The van der Waals surface area contributed by atoms with Crippen LogP contribution in [-0.4, -0.2) is 42.1 Å². The summed E-state index contributed by atoms with van der Waals surface area (Å²) in [5, 5.41) is 2.81. The number of benzene rings is 1. The summed E-state index contributed by atoms with van der Waals surface area (Å²) in [6.07, 6.45) is 1.23. The Morgan fingerprint density at radius 2 is 2.09 bits per heavy atom. The molecule has 23 heavy (non-hydrogen) atoms. The average molecular weight is 338 g/mol. The standard InChI is InChI=1S/C17H23FN2O2S/c1-2-19-17(22)14-7-9-20(11-14)16(21)8-10-23-12-13-3-5-15(18)6-4-13/h3-6,14H,2,7-12H2,1H3,(H,19,22)/t14-/m0/s1. The summed E-state index contributed by atoms with van der Waals surface area (Å²) in [5.41, 5.74) is 1.06. The number of nitrogens with one attached hydrogen (secondary N) is 1. The van der Waals surface area contributed by atoms with Crippen LogP contribution in [0.25, 0.3) is 0 Å². The largest absolute Gasteiger partial charge is 0.356 e. The van der Waals surface area contributed by atoms with E-state index < -0.39 is 0 Å². The molecule has 2 rings (SSSR count). The van der Waals surface area contributed by atoms with Gasteiger partial charge in [-0.15, -0.1) is 0 Å². The lowest BCUT2D eigenvalue weighted by atomic mass is 10.1. The summed E-state index contributed by atoms with van der Waals surface area (Å²) in [5.74, 6) is 1.38. The molecule has 1 N–H and O–H groups in total. The Hall–Kier alpha value is -1.56. The molecule has 1 atom stereocenters. The topological polar surface area (TPSA) is 49.4 Å². The molecule has 0 unspecified atom stereocenters. The number of carbonyl (C=O) groups is 2. The molecule has 126 valence electrons. The van der Waals surface area contributed by atoms with Crippen LogP contribution in [-0.2, 0) is 15.3 Å². The minimum Gasteiger partial charge on any atom is -0.356 e. The van der Waals surface area contributed by atoms with E-state index in [9.17, 15) is 14.0 Å². The lowest BCUT2D eigenvalue weighted by Crippen LogP contribution is -2.34. The maximum absolute atomic E-state index is 12.8. The highest BCUT2D eigenvalue weighted by atomic mass is 32.2. The fourth-order valence-corrected chi connectivity index (χ4v) is 3.50. The molecule has 0 aromatic heterocycles. The van der Waals surface area contributed by atoms with Crippen molar-refractivity contribution < 1.29 is 14.0 Å². The highest BCUT2D eigenvalue weighted by Gasteiger charge is 2.30. The Bertz CT molecular complexity index is 536. The van der Waals surface area contributed by atoms with Crippen LogP contribution in [0.5, 0.6) is 0 Å². The first-order valence-electron chi connectivity index (χ1n) is 7.97. The van der Waals surface area contributed by atoms with Crippen molar-refractivity contribution in [2.45, 2.75) is 25.5 Å². The van der Waals surface area contributed by atoms with Gasteiger partial charge >= 0.3 is 0 Å². The first-order chi connectivity index (χ1) is 11.1. The van der Waals surface area contributed by atoms with Crippen molar-refractivity contribution in [3.63, 3.8) is 0 Å². The molecule has 1 aliphatic rings. The smallest absolute Gasteiger partial charge is 0.224 e. The normalized spacial score (nSPS) is 17.3. The van der Waals surface area contributed by atoms with E-state index in [4.69, 9.17) is 0 Å². The van der Waals surface area contributed by atoms with Crippen molar-refractivity contribution in [3.05, 3.63) is 35.6 Å². The highest BCUT2D eigenvalue weighted by molar-refractivity contribution is 7.98. The first-order valence-corrected chi connectivity index (χ1v) is 9.13.